The lowest BCUT2D eigenvalue weighted by atomic mass is 9.97. The molecule has 11 rings (SSSR count). The third-order valence-corrected chi connectivity index (χ3v) is 12.7. The number of fused-ring (bicyclic) bond motifs is 3. The minimum Gasteiger partial charge on any atom is -0.310 e. The van der Waals surface area contributed by atoms with Gasteiger partial charge in [0, 0.05) is 67.3 Å². The molecule has 0 saturated heterocycles. The Morgan fingerprint density at radius 1 is 0.343 bits per heavy atom. The van der Waals surface area contributed by atoms with Crippen molar-refractivity contribution in [1.29, 1.82) is 0 Å². The number of aryl methyl sites for hydroxylation is 4. The summed E-state index contributed by atoms with van der Waals surface area (Å²) in [6.45, 7) is 8.65. The average Bonchev–Trinajstić information content (AvgIpc) is 3.69. The number of benzene rings is 9. The molecule has 5 heteroatoms. The first-order valence-corrected chi connectivity index (χ1v) is 22.9. The van der Waals surface area contributed by atoms with E-state index in [4.69, 9.17) is 9.97 Å². The number of aromatic nitrogens is 3. The molecule has 11 aromatic rings. The molecule has 0 aliphatic heterocycles. The third-order valence-electron chi connectivity index (χ3n) is 12.7. The van der Waals surface area contributed by atoms with E-state index in [0.717, 1.165) is 101 Å². The number of hydrogen-bond acceptors (Lipinski definition) is 4. The van der Waals surface area contributed by atoms with Gasteiger partial charge in [0.15, 0.2) is 5.82 Å². The van der Waals surface area contributed by atoms with Gasteiger partial charge in [-0.1, -0.05) is 132 Å². The van der Waals surface area contributed by atoms with Crippen molar-refractivity contribution in [3.05, 3.63) is 247 Å². The molecule has 9 aromatic carbocycles. The quantitative estimate of drug-likeness (QED) is 0.137. The van der Waals surface area contributed by atoms with Gasteiger partial charge in [-0.2, -0.15) is 0 Å². The van der Waals surface area contributed by atoms with Crippen LogP contribution in [0.25, 0.3) is 61.4 Å². The lowest BCUT2D eigenvalue weighted by Gasteiger charge is -2.26. The summed E-state index contributed by atoms with van der Waals surface area (Å²) < 4.78 is 2.43. The predicted molar refractivity (Wildman–Crippen MR) is 281 cm³/mol. The Labute approximate surface area is 392 Å². The zero-order valence-electron chi connectivity index (χ0n) is 38.1. The Morgan fingerprint density at radius 3 is 1.15 bits per heavy atom. The molecule has 5 nitrogen and oxygen atoms in total. The van der Waals surface area contributed by atoms with Gasteiger partial charge in [-0.3, -0.25) is 0 Å². The molecule has 2 heterocycles. The first-order chi connectivity index (χ1) is 32.9. The van der Waals surface area contributed by atoms with Crippen LogP contribution in [0.15, 0.2) is 224 Å². The topological polar surface area (TPSA) is 37.2 Å². The van der Waals surface area contributed by atoms with Crippen LogP contribution < -0.4 is 9.80 Å². The van der Waals surface area contributed by atoms with Crippen molar-refractivity contribution < 1.29 is 0 Å². The van der Waals surface area contributed by atoms with E-state index in [9.17, 15) is 0 Å². The number of para-hydroxylation sites is 4. The van der Waals surface area contributed by atoms with Gasteiger partial charge in [0.25, 0.3) is 0 Å². The lowest BCUT2D eigenvalue weighted by Crippen LogP contribution is -2.09. The summed E-state index contributed by atoms with van der Waals surface area (Å²) in [6.07, 6.45) is 0. The average molecular weight is 864 g/mol. The molecule has 0 unspecified atom stereocenters. The Kier molecular flexibility index (Phi) is 10.7. The highest BCUT2D eigenvalue weighted by Crippen LogP contribution is 2.43. The Bertz CT molecular complexity index is 3220. The fraction of sp³-hybridized carbons (Fsp3) is 0.0645. The van der Waals surface area contributed by atoms with Crippen LogP contribution in [-0.2, 0) is 0 Å². The SMILES string of the molecule is Cc1ccc(-c2cc(-c3c(C)cc(-n4c5ccc(N(c6ccccc6)c6ccccc6)cc5c5cc(N(c6ccccc6)c6ccccc6)ccc54)cc3C)nc(-c3ccc(C)cc3)n2)cc1. The van der Waals surface area contributed by atoms with Crippen LogP contribution in [0.1, 0.15) is 22.3 Å². The van der Waals surface area contributed by atoms with Crippen molar-refractivity contribution in [3.63, 3.8) is 0 Å². The van der Waals surface area contributed by atoms with E-state index < -0.39 is 0 Å². The lowest BCUT2D eigenvalue weighted by molar-refractivity contribution is 1.14. The third kappa shape index (κ3) is 7.91. The molecule has 67 heavy (non-hydrogen) atoms. The van der Waals surface area contributed by atoms with Gasteiger partial charge >= 0.3 is 0 Å². The molecule has 2 aromatic heterocycles. The van der Waals surface area contributed by atoms with E-state index in [-0.39, 0.29) is 0 Å². The molecule has 0 spiro atoms. The number of nitrogens with zero attached hydrogens (tertiary/aromatic N) is 5. The minimum atomic E-state index is 0.713. The van der Waals surface area contributed by atoms with Crippen LogP contribution in [0.2, 0.25) is 0 Å². The summed E-state index contributed by atoms with van der Waals surface area (Å²) in [6, 6.07) is 80.2. The van der Waals surface area contributed by atoms with E-state index >= 15 is 0 Å². The molecule has 0 bridgehead atoms. The summed E-state index contributed by atoms with van der Waals surface area (Å²) in [5.41, 5.74) is 19.6. The molecule has 0 amide bonds. The van der Waals surface area contributed by atoms with Crippen molar-refractivity contribution >= 4 is 55.9 Å². The summed E-state index contributed by atoms with van der Waals surface area (Å²) in [5, 5.41) is 2.32. The molecule has 0 aliphatic carbocycles. The second-order valence-corrected chi connectivity index (χ2v) is 17.4. The molecule has 0 aliphatic rings. The maximum atomic E-state index is 5.29. The van der Waals surface area contributed by atoms with Gasteiger partial charge in [-0.05, 0) is 142 Å². The van der Waals surface area contributed by atoms with E-state index in [1.54, 1.807) is 0 Å². The molecule has 0 N–H and O–H groups in total. The van der Waals surface area contributed by atoms with Crippen molar-refractivity contribution in [2.45, 2.75) is 27.7 Å². The first kappa shape index (κ1) is 41.2. The van der Waals surface area contributed by atoms with Crippen LogP contribution >= 0.6 is 0 Å². The van der Waals surface area contributed by atoms with Crippen molar-refractivity contribution in [1.82, 2.24) is 14.5 Å². The van der Waals surface area contributed by atoms with Crippen LogP contribution in [0.4, 0.5) is 34.1 Å². The van der Waals surface area contributed by atoms with Gasteiger partial charge in [0.1, 0.15) is 0 Å². The van der Waals surface area contributed by atoms with E-state index in [0.29, 0.717) is 5.82 Å². The fourth-order valence-corrected chi connectivity index (χ4v) is 9.51. The molecule has 322 valence electrons. The highest BCUT2D eigenvalue weighted by atomic mass is 15.1. The normalized spacial score (nSPS) is 11.3. The highest BCUT2D eigenvalue weighted by molar-refractivity contribution is 6.12. The zero-order chi connectivity index (χ0) is 45.4. The van der Waals surface area contributed by atoms with E-state index in [1.807, 2.05) is 0 Å². The first-order valence-electron chi connectivity index (χ1n) is 22.9. The maximum Gasteiger partial charge on any atom is 0.160 e. The highest BCUT2D eigenvalue weighted by Gasteiger charge is 2.22. The second kappa shape index (κ2) is 17.4. The van der Waals surface area contributed by atoms with Gasteiger partial charge < -0.3 is 14.4 Å². The summed E-state index contributed by atoms with van der Waals surface area (Å²) in [5.74, 6) is 0.713. The Hall–Kier alpha value is -8.54. The standard InChI is InChI=1S/C62H49N5/c1-42-25-29-46(30-26-42)57-41-58(64-62(63-57)47-31-27-43(2)28-32-47)61-44(3)37-54(38-45(61)4)67-59-35-33-52(65(48-17-9-5-10-18-48)49-19-11-6-12-20-49)39-55(59)56-40-53(34-36-60(56)67)66(50-21-13-7-14-22-50)51-23-15-8-16-24-51/h5-41H,1-4H3. The summed E-state index contributed by atoms with van der Waals surface area (Å²) >= 11 is 0. The smallest absolute Gasteiger partial charge is 0.160 e. The molecular weight excluding hydrogens is 815 g/mol. The molecule has 0 radical (unpaired) electrons. The van der Waals surface area contributed by atoms with Crippen LogP contribution in [0.5, 0.6) is 0 Å². The molecule has 0 saturated carbocycles. The monoisotopic (exact) mass is 863 g/mol. The zero-order valence-corrected chi connectivity index (χ0v) is 38.1. The van der Waals surface area contributed by atoms with Gasteiger partial charge in [0.2, 0.25) is 0 Å². The van der Waals surface area contributed by atoms with Crippen molar-refractivity contribution in [2.75, 3.05) is 9.80 Å². The number of rotatable bonds is 10. The Morgan fingerprint density at radius 2 is 0.731 bits per heavy atom. The number of anilines is 6. The van der Waals surface area contributed by atoms with Gasteiger partial charge in [-0.15, -0.1) is 0 Å². The number of hydrogen-bond donors (Lipinski definition) is 0. The van der Waals surface area contributed by atoms with Crippen molar-refractivity contribution in [2.24, 2.45) is 0 Å². The van der Waals surface area contributed by atoms with Crippen LogP contribution in [-0.4, -0.2) is 14.5 Å². The molecular formula is C62H49N5. The van der Waals surface area contributed by atoms with Gasteiger partial charge in [0.05, 0.1) is 22.4 Å². The largest absolute Gasteiger partial charge is 0.310 e. The van der Waals surface area contributed by atoms with Crippen LogP contribution in [0, 0.1) is 27.7 Å². The summed E-state index contributed by atoms with van der Waals surface area (Å²) in [7, 11) is 0. The fourth-order valence-electron chi connectivity index (χ4n) is 9.51. The predicted octanol–water partition coefficient (Wildman–Crippen LogP) is 16.7. The molecule has 0 fully saturated rings. The van der Waals surface area contributed by atoms with Crippen LogP contribution in [0.3, 0.4) is 0 Å². The Balaban J connectivity index is 1.12. The minimum absolute atomic E-state index is 0.713. The maximum absolute atomic E-state index is 5.29. The molecule has 0 atom stereocenters. The van der Waals surface area contributed by atoms with E-state index in [2.05, 4.69) is 267 Å². The van der Waals surface area contributed by atoms with Crippen molar-refractivity contribution in [3.8, 4) is 39.6 Å². The second-order valence-electron chi connectivity index (χ2n) is 17.4. The van der Waals surface area contributed by atoms with Gasteiger partial charge in [-0.25, -0.2) is 9.97 Å². The summed E-state index contributed by atoms with van der Waals surface area (Å²) in [4.78, 5) is 15.1. The van der Waals surface area contributed by atoms with E-state index in [1.165, 1.54) is 11.1 Å².